The fourth-order valence-electron chi connectivity index (χ4n) is 2.42. The van der Waals surface area contributed by atoms with E-state index in [1.165, 1.54) is 30.3 Å². The Labute approximate surface area is 120 Å². The van der Waals surface area contributed by atoms with Crippen LogP contribution in [-0.2, 0) is 23.7 Å². The number of fused-ring (bicyclic) bond motifs is 1. The summed E-state index contributed by atoms with van der Waals surface area (Å²) in [4.78, 5) is 11.7. The second-order valence-electron chi connectivity index (χ2n) is 5.03. The van der Waals surface area contributed by atoms with Crippen molar-refractivity contribution in [2.75, 3.05) is 0 Å². The molecule has 21 heavy (non-hydrogen) atoms. The molecule has 1 aromatic carbocycles. The van der Waals surface area contributed by atoms with Gasteiger partial charge in [0.25, 0.3) is 0 Å². The monoisotopic (exact) mass is 288 g/mol. The van der Waals surface area contributed by atoms with E-state index in [0.29, 0.717) is 5.69 Å². The number of aromatic nitrogens is 2. The summed E-state index contributed by atoms with van der Waals surface area (Å²) < 4.78 is 29.8. The second-order valence-corrected chi connectivity index (χ2v) is 5.03. The minimum Gasteiger partial charge on any atom is -0.288 e. The van der Waals surface area contributed by atoms with Gasteiger partial charge in [0, 0.05) is 17.8 Å². The highest BCUT2D eigenvalue weighted by atomic mass is 19.3. The Morgan fingerprint density at radius 1 is 1.29 bits per heavy atom. The second kappa shape index (κ2) is 5.24. The Morgan fingerprint density at radius 3 is 2.76 bits per heavy atom. The van der Waals surface area contributed by atoms with Crippen LogP contribution in [0.2, 0.25) is 0 Å². The van der Waals surface area contributed by atoms with Gasteiger partial charge in [-0.1, -0.05) is 30.3 Å². The highest BCUT2D eigenvalue weighted by Gasteiger charge is 2.38. The fraction of sp³-hybridized carbons (Fsp3) is 0.250. The van der Waals surface area contributed by atoms with E-state index in [9.17, 15) is 13.6 Å². The van der Waals surface area contributed by atoms with Crippen LogP contribution in [0.25, 0.3) is 6.08 Å². The molecule has 0 amide bonds. The average Bonchev–Trinajstić information content (AvgIpc) is 3.06. The first-order valence-corrected chi connectivity index (χ1v) is 6.80. The minimum atomic E-state index is -3.51. The molecule has 2 heterocycles. The Balaban J connectivity index is 1.77. The number of hydrogen-bond donors (Lipinski definition) is 0. The van der Waals surface area contributed by atoms with Crippen LogP contribution in [-0.4, -0.2) is 15.6 Å². The maximum absolute atomic E-state index is 14.0. The highest BCUT2D eigenvalue weighted by molar-refractivity contribution is 5.99. The lowest BCUT2D eigenvalue weighted by atomic mass is 10.0. The molecule has 3 nitrogen and oxygen atoms in total. The Morgan fingerprint density at radius 2 is 2.05 bits per heavy atom. The number of alkyl halides is 2. The molecular weight excluding hydrogens is 274 g/mol. The molecule has 1 aliphatic heterocycles. The third kappa shape index (κ3) is 2.63. The number of aryl methyl sites for hydroxylation is 2. The van der Waals surface area contributed by atoms with Crippen molar-refractivity contribution in [1.29, 1.82) is 0 Å². The number of nitrogens with zero attached hydrogens (tertiary/aromatic N) is 2. The van der Waals surface area contributed by atoms with Gasteiger partial charge in [-0.05, 0) is 31.1 Å². The SMILES string of the molecule is O=C(/C=C/c1cc2n(n1)CCC2)C(F)(F)c1ccccc1. The van der Waals surface area contributed by atoms with Crippen molar-refractivity contribution in [2.24, 2.45) is 0 Å². The number of hydrogen-bond acceptors (Lipinski definition) is 2. The Bertz CT molecular complexity index is 668. The third-order valence-corrected chi connectivity index (χ3v) is 3.54. The van der Waals surface area contributed by atoms with Gasteiger partial charge in [0.05, 0.1) is 5.69 Å². The Hall–Kier alpha value is -2.30. The molecule has 1 aromatic heterocycles. The summed E-state index contributed by atoms with van der Waals surface area (Å²) >= 11 is 0. The van der Waals surface area contributed by atoms with Gasteiger partial charge in [-0.25, -0.2) is 0 Å². The number of ketones is 1. The normalized spacial score (nSPS) is 14.6. The van der Waals surface area contributed by atoms with Crippen LogP contribution in [0.15, 0.2) is 42.5 Å². The van der Waals surface area contributed by atoms with Gasteiger partial charge in [-0.2, -0.15) is 13.9 Å². The van der Waals surface area contributed by atoms with E-state index in [1.54, 1.807) is 6.07 Å². The van der Waals surface area contributed by atoms with E-state index in [1.807, 2.05) is 10.7 Å². The number of carbonyl (C=O) groups is 1. The average molecular weight is 288 g/mol. The van der Waals surface area contributed by atoms with Gasteiger partial charge in [0.2, 0.25) is 5.78 Å². The molecule has 0 N–H and O–H groups in total. The maximum atomic E-state index is 14.0. The molecule has 0 unspecified atom stereocenters. The molecule has 0 saturated heterocycles. The van der Waals surface area contributed by atoms with Gasteiger partial charge in [0.15, 0.2) is 0 Å². The van der Waals surface area contributed by atoms with Crippen molar-refractivity contribution in [3.05, 3.63) is 59.4 Å². The number of carbonyl (C=O) groups excluding carboxylic acids is 1. The van der Waals surface area contributed by atoms with E-state index >= 15 is 0 Å². The molecule has 0 spiro atoms. The minimum absolute atomic E-state index is 0.299. The molecule has 0 saturated carbocycles. The van der Waals surface area contributed by atoms with Crippen molar-refractivity contribution in [2.45, 2.75) is 25.3 Å². The van der Waals surface area contributed by atoms with Crippen LogP contribution in [0.1, 0.15) is 23.4 Å². The van der Waals surface area contributed by atoms with Crippen LogP contribution in [0.5, 0.6) is 0 Å². The van der Waals surface area contributed by atoms with Gasteiger partial charge in [-0.3, -0.25) is 9.48 Å². The van der Waals surface area contributed by atoms with Crippen LogP contribution in [0.4, 0.5) is 8.78 Å². The van der Waals surface area contributed by atoms with Crippen molar-refractivity contribution >= 4 is 11.9 Å². The van der Waals surface area contributed by atoms with Gasteiger partial charge in [0.1, 0.15) is 0 Å². The molecule has 0 bridgehead atoms. The quantitative estimate of drug-likeness (QED) is 0.810. The smallest absolute Gasteiger partial charge is 0.288 e. The number of benzene rings is 1. The zero-order valence-electron chi connectivity index (χ0n) is 11.3. The molecular formula is C16H14F2N2O. The van der Waals surface area contributed by atoms with Crippen LogP contribution in [0.3, 0.4) is 0 Å². The number of allylic oxidation sites excluding steroid dienone is 1. The first-order valence-electron chi connectivity index (χ1n) is 6.80. The fourth-order valence-corrected chi connectivity index (χ4v) is 2.42. The molecule has 0 fully saturated rings. The summed E-state index contributed by atoms with van der Waals surface area (Å²) in [5.41, 5.74) is 1.32. The predicted molar refractivity (Wildman–Crippen MR) is 74.9 cm³/mol. The Kier molecular flexibility index (Phi) is 3.41. The molecule has 0 aliphatic carbocycles. The topological polar surface area (TPSA) is 34.9 Å². The third-order valence-electron chi connectivity index (χ3n) is 3.54. The first kappa shape index (κ1) is 13.7. The highest BCUT2D eigenvalue weighted by Crippen LogP contribution is 2.29. The predicted octanol–water partition coefficient (Wildman–Crippen LogP) is 3.20. The van der Waals surface area contributed by atoms with Crippen molar-refractivity contribution in [3.63, 3.8) is 0 Å². The lowest BCUT2D eigenvalue weighted by Crippen LogP contribution is -2.23. The summed E-state index contributed by atoms with van der Waals surface area (Å²) in [5, 5.41) is 4.25. The number of halogens is 2. The molecule has 5 heteroatoms. The zero-order valence-corrected chi connectivity index (χ0v) is 11.3. The van der Waals surface area contributed by atoms with Crippen molar-refractivity contribution in [3.8, 4) is 0 Å². The maximum Gasteiger partial charge on any atom is 0.334 e. The molecule has 0 atom stereocenters. The summed E-state index contributed by atoms with van der Waals surface area (Å²) in [5.74, 6) is -4.75. The summed E-state index contributed by atoms with van der Waals surface area (Å²) in [6, 6.07) is 8.93. The van der Waals surface area contributed by atoms with Crippen LogP contribution >= 0.6 is 0 Å². The van der Waals surface area contributed by atoms with Crippen LogP contribution < -0.4 is 0 Å². The molecule has 2 aromatic rings. The van der Waals surface area contributed by atoms with Crippen molar-refractivity contribution in [1.82, 2.24) is 9.78 Å². The van der Waals surface area contributed by atoms with E-state index in [-0.39, 0.29) is 5.56 Å². The van der Waals surface area contributed by atoms with E-state index in [4.69, 9.17) is 0 Å². The van der Waals surface area contributed by atoms with Gasteiger partial charge >= 0.3 is 5.92 Å². The van der Waals surface area contributed by atoms with Crippen molar-refractivity contribution < 1.29 is 13.6 Å². The molecule has 108 valence electrons. The molecule has 3 rings (SSSR count). The largest absolute Gasteiger partial charge is 0.334 e. The summed E-state index contributed by atoms with van der Waals surface area (Å²) in [6.45, 7) is 0.845. The first-order chi connectivity index (χ1) is 10.1. The standard InChI is InChI=1S/C16H14F2N2O/c17-16(18,12-5-2-1-3-6-12)15(21)9-8-13-11-14-7-4-10-20(14)19-13/h1-3,5-6,8-9,11H,4,7,10H2/b9-8+. The number of rotatable bonds is 4. The summed E-state index contributed by atoms with van der Waals surface area (Å²) in [6.07, 6.45) is 4.25. The van der Waals surface area contributed by atoms with Gasteiger partial charge in [-0.15, -0.1) is 0 Å². The summed E-state index contributed by atoms with van der Waals surface area (Å²) in [7, 11) is 0. The van der Waals surface area contributed by atoms with Crippen LogP contribution in [0, 0.1) is 0 Å². The lowest BCUT2D eigenvalue weighted by Gasteiger charge is -2.12. The van der Waals surface area contributed by atoms with E-state index < -0.39 is 11.7 Å². The van der Waals surface area contributed by atoms with E-state index in [0.717, 1.165) is 31.2 Å². The molecule has 0 radical (unpaired) electrons. The zero-order chi connectivity index (χ0) is 14.9. The van der Waals surface area contributed by atoms with Gasteiger partial charge < -0.3 is 0 Å². The molecule has 1 aliphatic rings. The van der Waals surface area contributed by atoms with E-state index in [2.05, 4.69) is 5.10 Å². The lowest BCUT2D eigenvalue weighted by molar-refractivity contribution is -0.138.